The molecule has 2 amide bonds. The highest BCUT2D eigenvalue weighted by Crippen LogP contribution is 2.20. The van der Waals surface area contributed by atoms with Gasteiger partial charge in [-0.2, -0.15) is 0 Å². The zero-order chi connectivity index (χ0) is 16.3. The van der Waals surface area contributed by atoms with Crippen LogP contribution in [0.4, 0.5) is 0 Å². The Morgan fingerprint density at radius 1 is 1.27 bits per heavy atom. The van der Waals surface area contributed by atoms with Gasteiger partial charge in [0.05, 0.1) is 18.1 Å². The highest BCUT2D eigenvalue weighted by molar-refractivity contribution is 5.89. The van der Waals surface area contributed by atoms with E-state index in [4.69, 9.17) is 4.74 Å². The number of likely N-dealkylation sites (tertiary alicyclic amines) is 1. The maximum Gasteiger partial charge on any atom is 0.225 e. The SMILES string of the molecule is CC1CN(CCNC(=O)C2CC(=O)N(C(C)C)C2)CC(C)O1. The zero-order valence-corrected chi connectivity index (χ0v) is 14.2. The van der Waals surface area contributed by atoms with E-state index in [1.54, 1.807) is 4.90 Å². The molecule has 2 rings (SSSR count). The predicted molar refractivity (Wildman–Crippen MR) is 84.4 cm³/mol. The summed E-state index contributed by atoms with van der Waals surface area (Å²) in [6.45, 7) is 11.9. The number of hydrogen-bond acceptors (Lipinski definition) is 4. The van der Waals surface area contributed by atoms with Crippen LogP contribution in [0.3, 0.4) is 0 Å². The Morgan fingerprint density at radius 2 is 1.91 bits per heavy atom. The van der Waals surface area contributed by atoms with Gasteiger partial charge in [0.1, 0.15) is 0 Å². The topological polar surface area (TPSA) is 61.9 Å². The molecule has 3 atom stereocenters. The van der Waals surface area contributed by atoms with E-state index in [1.165, 1.54) is 0 Å². The number of hydrogen-bond donors (Lipinski definition) is 1. The first kappa shape index (κ1) is 17.2. The quantitative estimate of drug-likeness (QED) is 0.802. The summed E-state index contributed by atoms with van der Waals surface area (Å²) in [4.78, 5) is 28.1. The molecule has 126 valence electrons. The van der Waals surface area contributed by atoms with E-state index in [1.807, 2.05) is 13.8 Å². The number of carbonyl (C=O) groups excluding carboxylic acids is 2. The fourth-order valence-electron chi connectivity index (χ4n) is 3.35. The van der Waals surface area contributed by atoms with Crippen LogP contribution in [0.25, 0.3) is 0 Å². The number of nitrogens with zero attached hydrogens (tertiary/aromatic N) is 2. The van der Waals surface area contributed by atoms with Crippen LogP contribution in [0.1, 0.15) is 34.1 Å². The van der Waals surface area contributed by atoms with E-state index in [0.29, 0.717) is 19.5 Å². The van der Waals surface area contributed by atoms with Crippen LogP contribution in [0.5, 0.6) is 0 Å². The summed E-state index contributed by atoms with van der Waals surface area (Å²) in [6, 6.07) is 0.168. The molecule has 2 aliphatic rings. The molecule has 22 heavy (non-hydrogen) atoms. The van der Waals surface area contributed by atoms with Crippen molar-refractivity contribution in [2.45, 2.75) is 52.4 Å². The molecule has 2 saturated heterocycles. The van der Waals surface area contributed by atoms with Crippen molar-refractivity contribution in [3.63, 3.8) is 0 Å². The molecule has 2 aliphatic heterocycles. The highest BCUT2D eigenvalue weighted by Gasteiger charge is 2.35. The lowest BCUT2D eigenvalue weighted by atomic mass is 10.1. The van der Waals surface area contributed by atoms with Gasteiger partial charge in [-0.1, -0.05) is 0 Å². The van der Waals surface area contributed by atoms with E-state index in [9.17, 15) is 9.59 Å². The van der Waals surface area contributed by atoms with Crippen molar-refractivity contribution in [2.24, 2.45) is 5.92 Å². The van der Waals surface area contributed by atoms with Crippen molar-refractivity contribution in [1.29, 1.82) is 0 Å². The molecule has 1 N–H and O–H groups in total. The second kappa shape index (κ2) is 7.42. The van der Waals surface area contributed by atoms with Crippen molar-refractivity contribution >= 4 is 11.8 Å². The Bertz CT molecular complexity index is 403. The van der Waals surface area contributed by atoms with E-state index in [2.05, 4.69) is 24.1 Å². The third-order valence-electron chi connectivity index (χ3n) is 4.38. The first-order chi connectivity index (χ1) is 10.4. The van der Waals surface area contributed by atoms with E-state index in [-0.39, 0.29) is 36.0 Å². The van der Waals surface area contributed by atoms with Crippen LogP contribution in [0, 0.1) is 5.92 Å². The Balaban J connectivity index is 1.71. The van der Waals surface area contributed by atoms with Gasteiger partial charge in [0.25, 0.3) is 0 Å². The number of amides is 2. The van der Waals surface area contributed by atoms with Gasteiger partial charge in [-0.05, 0) is 27.7 Å². The van der Waals surface area contributed by atoms with E-state index in [0.717, 1.165) is 19.6 Å². The summed E-state index contributed by atoms with van der Waals surface area (Å²) in [5.41, 5.74) is 0. The first-order valence-electron chi connectivity index (χ1n) is 8.31. The molecular formula is C16H29N3O3. The molecule has 6 heteroatoms. The molecule has 0 aromatic carbocycles. The number of ether oxygens (including phenoxy) is 1. The Kier molecular flexibility index (Phi) is 5.81. The summed E-state index contributed by atoms with van der Waals surface area (Å²) in [6.07, 6.45) is 0.827. The van der Waals surface area contributed by atoms with Gasteiger partial charge in [0.15, 0.2) is 0 Å². The van der Waals surface area contributed by atoms with Gasteiger partial charge in [0.2, 0.25) is 11.8 Å². The fraction of sp³-hybridized carbons (Fsp3) is 0.875. The number of rotatable bonds is 5. The zero-order valence-electron chi connectivity index (χ0n) is 14.2. The summed E-state index contributed by atoms with van der Waals surface area (Å²) >= 11 is 0. The molecule has 0 aromatic rings. The maximum atomic E-state index is 12.2. The molecular weight excluding hydrogens is 282 g/mol. The van der Waals surface area contributed by atoms with Gasteiger partial charge in [-0.3, -0.25) is 14.5 Å². The molecule has 3 unspecified atom stereocenters. The predicted octanol–water partition coefficient (Wildman–Crippen LogP) is 0.469. The van der Waals surface area contributed by atoms with Crippen LogP contribution in [-0.4, -0.2) is 72.6 Å². The lowest BCUT2D eigenvalue weighted by Gasteiger charge is -2.35. The van der Waals surface area contributed by atoms with Crippen LogP contribution in [-0.2, 0) is 14.3 Å². The van der Waals surface area contributed by atoms with Crippen molar-refractivity contribution in [3.8, 4) is 0 Å². The molecule has 0 bridgehead atoms. The Morgan fingerprint density at radius 3 is 2.45 bits per heavy atom. The molecule has 0 saturated carbocycles. The molecule has 2 heterocycles. The third-order valence-corrected chi connectivity index (χ3v) is 4.38. The smallest absolute Gasteiger partial charge is 0.225 e. The van der Waals surface area contributed by atoms with Gasteiger partial charge >= 0.3 is 0 Å². The third kappa shape index (κ3) is 4.43. The Hall–Kier alpha value is -1.14. The fourth-order valence-corrected chi connectivity index (χ4v) is 3.35. The minimum Gasteiger partial charge on any atom is -0.373 e. The lowest BCUT2D eigenvalue weighted by Crippen LogP contribution is -2.48. The van der Waals surface area contributed by atoms with Gasteiger partial charge < -0.3 is 15.0 Å². The molecule has 2 fully saturated rings. The number of carbonyl (C=O) groups is 2. The Labute approximate surface area is 133 Å². The first-order valence-corrected chi connectivity index (χ1v) is 8.31. The monoisotopic (exact) mass is 311 g/mol. The summed E-state index contributed by atoms with van der Waals surface area (Å²) < 4.78 is 5.70. The van der Waals surface area contributed by atoms with E-state index < -0.39 is 0 Å². The van der Waals surface area contributed by atoms with Crippen molar-refractivity contribution in [2.75, 3.05) is 32.7 Å². The van der Waals surface area contributed by atoms with Gasteiger partial charge in [-0.25, -0.2) is 0 Å². The summed E-state index contributed by atoms with van der Waals surface area (Å²) in [7, 11) is 0. The second-order valence-corrected chi connectivity index (χ2v) is 6.85. The lowest BCUT2D eigenvalue weighted by molar-refractivity contribution is -0.130. The van der Waals surface area contributed by atoms with Crippen molar-refractivity contribution < 1.29 is 14.3 Å². The average molecular weight is 311 g/mol. The molecule has 6 nitrogen and oxygen atoms in total. The summed E-state index contributed by atoms with van der Waals surface area (Å²) in [5, 5.41) is 2.98. The molecule has 0 aliphatic carbocycles. The standard InChI is InChI=1S/C16H29N3O3/c1-11(2)19-10-14(7-15(19)20)16(21)17-5-6-18-8-12(3)22-13(4)9-18/h11-14H,5-10H2,1-4H3,(H,17,21). The number of morpholine rings is 1. The van der Waals surface area contributed by atoms with Crippen LogP contribution < -0.4 is 5.32 Å². The van der Waals surface area contributed by atoms with Crippen LogP contribution in [0.15, 0.2) is 0 Å². The minimum absolute atomic E-state index is 0.00542. The normalized spacial score (nSPS) is 30.1. The largest absolute Gasteiger partial charge is 0.373 e. The van der Waals surface area contributed by atoms with Gasteiger partial charge in [-0.15, -0.1) is 0 Å². The van der Waals surface area contributed by atoms with Gasteiger partial charge in [0, 0.05) is 45.2 Å². The molecule has 0 aromatic heterocycles. The van der Waals surface area contributed by atoms with Crippen molar-refractivity contribution in [1.82, 2.24) is 15.1 Å². The molecule has 0 radical (unpaired) electrons. The van der Waals surface area contributed by atoms with Crippen LogP contribution in [0.2, 0.25) is 0 Å². The second-order valence-electron chi connectivity index (χ2n) is 6.85. The average Bonchev–Trinajstić information content (AvgIpc) is 2.80. The van der Waals surface area contributed by atoms with Crippen LogP contribution >= 0.6 is 0 Å². The minimum atomic E-state index is -0.197. The molecule has 0 spiro atoms. The number of nitrogens with one attached hydrogen (secondary N) is 1. The maximum absolute atomic E-state index is 12.2. The summed E-state index contributed by atoms with van der Waals surface area (Å²) in [5.74, 6) is -0.103. The van der Waals surface area contributed by atoms with E-state index >= 15 is 0 Å². The highest BCUT2D eigenvalue weighted by atomic mass is 16.5. The van der Waals surface area contributed by atoms with Crippen molar-refractivity contribution in [3.05, 3.63) is 0 Å².